The summed E-state index contributed by atoms with van der Waals surface area (Å²) in [5.74, 6) is 2.36. The standard InChI is InChI=1S/C29H35OP/c1-2-3-4-5-6-7-11-18-26(30)25-31(27-19-12-8-13-20-27,28-21-14-9-15-22-28)29-23-16-10-17-24-29/h8-10,12-17,19-25H,2-7,11,18H2,1H3. The van der Waals surface area contributed by atoms with Crippen LogP contribution in [0.25, 0.3) is 0 Å². The third-order valence-corrected chi connectivity index (χ3v) is 9.87. The highest BCUT2D eigenvalue weighted by atomic mass is 31.2. The van der Waals surface area contributed by atoms with Crippen molar-refractivity contribution in [3.8, 4) is 0 Å². The molecule has 0 fully saturated rings. The maximum absolute atomic E-state index is 13.3. The highest BCUT2D eigenvalue weighted by Crippen LogP contribution is 2.43. The Bertz CT molecular complexity index is 858. The Morgan fingerprint density at radius 2 is 1.00 bits per heavy atom. The Labute approximate surface area is 188 Å². The first-order valence-electron chi connectivity index (χ1n) is 11.7. The summed E-state index contributed by atoms with van der Waals surface area (Å²) < 4.78 is 0. The SMILES string of the molecule is CCCCCCCCCC(=O)C=P(c1ccccc1)(c1ccccc1)c1ccccc1. The molecule has 3 aromatic carbocycles. The monoisotopic (exact) mass is 430 g/mol. The first kappa shape index (κ1) is 23.3. The molecule has 2 heteroatoms. The van der Waals surface area contributed by atoms with Crippen molar-refractivity contribution < 1.29 is 4.79 Å². The van der Waals surface area contributed by atoms with Crippen LogP contribution in [-0.2, 0) is 4.79 Å². The van der Waals surface area contributed by atoms with Crippen LogP contribution < -0.4 is 15.9 Å². The zero-order valence-electron chi connectivity index (χ0n) is 18.7. The molecule has 31 heavy (non-hydrogen) atoms. The number of unbranched alkanes of at least 4 members (excludes halogenated alkanes) is 6. The number of benzene rings is 3. The van der Waals surface area contributed by atoms with Gasteiger partial charge in [-0.15, -0.1) is 0 Å². The topological polar surface area (TPSA) is 17.1 Å². The molecule has 162 valence electrons. The van der Waals surface area contributed by atoms with E-state index < -0.39 is 6.89 Å². The van der Waals surface area contributed by atoms with Crippen molar-refractivity contribution in [2.75, 3.05) is 0 Å². The molecule has 0 heterocycles. The predicted molar refractivity (Wildman–Crippen MR) is 139 cm³/mol. The van der Waals surface area contributed by atoms with Crippen LogP contribution in [0.15, 0.2) is 91.0 Å². The maximum atomic E-state index is 13.3. The fraction of sp³-hybridized carbons (Fsp3) is 0.310. The molecule has 0 N–H and O–H groups in total. The summed E-state index contributed by atoms with van der Waals surface area (Å²) >= 11 is 0. The number of ketones is 1. The number of Topliss-reactive ketones (excluding diaryl/α,β-unsaturated/α-hetero) is 1. The fourth-order valence-corrected chi connectivity index (χ4v) is 8.03. The van der Waals surface area contributed by atoms with Gasteiger partial charge in [0.05, 0.1) is 0 Å². The van der Waals surface area contributed by atoms with E-state index in [2.05, 4.69) is 104 Å². The van der Waals surface area contributed by atoms with Crippen molar-refractivity contribution in [2.45, 2.75) is 58.3 Å². The Morgan fingerprint density at radius 3 is 1.42 bits per heavy atom. The van der Waals surface area contributed by atoms with Crippen molar-refractivity contribution in [1.82, 2.24) is 0 Å². The highest BCUT2D eigenvalue weighted by molar-refractivity contribution is 7.95. The van der Waals surface area contributed by atoms with Gasteiger partial charge in [-0.1, -0.05) is 136 Å². The second-order valence-corrected chi connectivity index (χ2v) is 11.4. The average molecular weight is 431 g/mol. The van der Waals surface area contributed by atoms with Crippen molar-refractivity contribution in [3.05, 3.63) is 91.0 Å². The lowest BCUT2D eigenvalue weighted by Gasteiger charge is -2.28. The molecule has 3 aromatic rings. The Morgan fingerprint density at radius 1 is 0.613 bits per heavy atom. The Balaban J connectivity index is 1.93. The van der Waals surface area contributed by atoms with E-state index in [0.717, 1.165) is 12.8 Å². The van der Waals surface area contributed by atoms with Gasteiger partial charge in [0, 0.05) is 6.42 Å². The lowest BCUT2D eigenvalue weighted by atomic mass is 10.1. The molecule has 0 amide bonds. The Kier molecular flexibility index (Phi) is 9.38. The largest absolute Gasteiger partial charge is 0.295 e. The lowest BCUT2D eigenvalue weighted by Crippen LogP contribution is -2.28. The third kappa shape index (κ3) is 6.31. The molecule has 0 saturated carbocycles. The van der Waals surface area contributed by atoms with E-state index in [4.69, 9.17) is 0 Å². The third-order valence-electron chi connectivity index (χ3n) is 5.85. The van der Waals surface area contributed by atoms with Crippen LogP contribution in [0.5, 0.6) is 0 Å². The van der Waals surface area contributed by atoms with Gasteiger partial charge in [-0.2, -0.15) is 0 Å². The van der Waals surface area contributed by atoms with Crippen LogP contribution >= 0.6 is 6.89 Å². The summed E-state index contributed by atoms with van der Waals surface area (Å²) in [7, 11) is 0. The van der Waals surface area contributed by atoms with Gasteiger partial charge in [0.25, 0.3) is 0 Å². The molecule has 0 aliphatic heterocycles. The summed E-state index contributed by atoms with van der Waals surface area (Å²) in [6.07, 6.45) is 9.23. The number of hydrogen-bond donors (Lipinski definition) is 0. The van der Waals surface area contributed by atoms with E-state index >= 15 is 0 Å². The molecule has 0 aliphatic carbocycles. The average Bonchev–Trinajstić information content (AvgIpc) is 2.83. The van der Waals surface area contributed by atoms with Gasteiger partial charge in [0.2, 0.25) is 0 Å². The van der Waals surface area contributed by atoms with E-state index in [1.165, 1.54) is 48.0 Å². The zero-order chi connectivity index (χ0) is 21.8. The molecule has 0 bridgehead atoms. The van der Waals surface area contributed by atoms with Crippen LogP contribution in [0.4, 0.5) is 0 Å². The molecular formula is C29H35OP. The molecule has 0 saturated heterocycles. The van der Waals surface area contributed by atoms with E-state index in [1.54, 1.807) is 0 Å². The van der Waals surface area contributed by atoms with E-state index in [-0.39, 0.29) is 5.78 Å². The summed E-state index contributed by atoms with van der Waals surface area (Å²) in [5.41, 5.74) is 0. The van der Waals surface area contributed by atoms with Gasteiger partial charge in [-0.3, -0.25) is 4.79 Å². The smallest absolute Gasteiger partial charge is 0.156 e. The van der Waals surface area contributed by atoms with Gasteiger partial charge in [-0.25, -0.2) is 0 Å². The molecule has 0 aliphatic rings. The summed E-state index contributed by atoms with van der Waals surface area (Å²) in [6, 6.07) is 31.8. The van der Waals surface area contributed by atoms with Gasteiger partial charge < -0.3 is 0 Å². The molecule has 3 rings (SSSR count). The first-order valence-corrected chi connectivity index (χ1v) is 13.6. The minimum Gasteiger partial charge on any atom is -0.295 e. The number of rotatable bonds is 12. The van der Waals surface area contributed by atoms with Gasteiger partial charge in [-0.05, 0) is 35.0 Å². The van der Waals surface area contributed by atoms with Crippen LogP contribution in [0.1, 0.15) is 58.3 Å². The van der Waals surface area contributed by atoms with Gasteiger partial charge in [0.1, 0.15) is 0 Å². The minimum absolute atomic E-state index is 0.276. The molecule has 0 atom stereocenters. The fourth-order valence-electron chi connectivity index (χ4n) is 4.20. The zero-order valence-corrected chi connectivity index (χ0v) is 19.6. The van der Waals surface area contributed by atoms with Crippen LogP contribution in [0.3, 0.4) is 0 Å². The lowest BCUT2D eigenvalue weighted by molar-refractivity contribution is -0.112. The minimum atomic E-state index is -2.15. The van der Waals surface area contributed by atoms with Crippen LogP contribution in [-0.4, -0.2) is 11.6 Å². The Hall–Kier alpha value is -2.37. The van der Waals surface area contributed by atoms with E-state index in [1.807, 2.05) is 0 Å². The van der Waals surface area contributed by atoms with Crippen molar-refractivity contribution in [3.63, 3.8) is 0 Å². The van der Waals surface area contributed by atoms with Crippen molar-refractivity contribution in [1.29, 1.82) is 0 Å². The second kappa shape index (κ2) is 12.5. The molecule has 1 nitrogen and oxygen atoms in total. The molecular weight excluding hydrogens is 395 g/mol. The summed E-state index contributed by atoms with van der Waals surface area (Å²) in [4.78, 5) is 13.3. The van der Waals surface area contributed by atoms with Crippen molar-refractivity contribution >= 4 is 34.4 Å². The predicted octanol–water partition coefficient (Wildman–Crippen LogP) is 6.49. The molecule has 0 spiro atoms. The summed E-state index contributed by atoms with van der Waals surface area (Å²) in [6.45, 7) is 0.0918. The molecule has 0 unspecified atom stereocenters. The van der Waals surface area contributed by atoms with Gasteiger partial charge >= 0.3 is 0 Å². The normalized spacial score (nSPS) is 11.3. The molecule has 0 radical (unpaired) electrons. The van der Waals surface area contributed by atoms with E-state index in [0.29, 0.717) is 6.42 Å². The highest BCUT2D eigenvalue weighted by Gasteiger charge is 2.26. The van der Waals surface area contributed by atoms with Crippen molar-refractivity contribution in [2.24, 2.45) is 0 Å². The molecule has 0 aromatic heterocycles. The van der Waals surface area contributed by atoms with E-state index in [9.17, 15) is 4.79 Å². The van der Waals surface area contributed by atoms with Gasteiger partial charge in [0.15, 0.2) is 5.78 Å². The number of carbonyl (C=O) groups is 1. The summed E-state index contributed by atoms with van der Waals surface area (Å²) in [5, 5.41) is 3.71. The maximum Gasteiger partial charge on any atom is 0.156 e. The second-order valence-electron chi connectivity index (χ2n) is 8.20. The number of hydrogen-bond acceptors (Lipinski definition) is 1. The number of carbonyl (C=O) groups excluding carboxylic acids is 1. The quantitative estimate of drug-likeness (QED) is 0.237. The van der Waals surface area contributed by atoms with Crippen LogP contribution in [0, 0.1) is 0 Å². The van der Waals surface area contributed by atoms with Crippen LogP contribution in [0.2, 0.25) is 0 Å². The first-order chi connectivity index (χ1) is 15.3.